The number of methoxy groups -OCH3 is 2. The zero-order chi connectivity index (χ0) is 18.7. The molecule has 0 N–H and O–H groups in total. The first-order chi connectivity index (χ1) is 12.5. The minimum absolute atomic E-state index is 0.117. The second kappa shape index (κ2) is 7.33. The lowest BCUT2D eigenvalue weighted by Gasteiger charge is -2.25. The van der Waals surface area contributed by atoms with Gasteiger partial charge in [-0.2, -0.15) is 0 Å². The molecule has 0 aliphatic carbocycles. The fraction of sp³-hybridized carbons (Fsp3) is 0.333. The van der Waals surface area contributed by atoms with Gasteiger partial charge in [0.25, 0.3) is 10.0 Å². The Labute approximate surface area is 153 Å². The fourth-order valence-corrected chi connectivity index (χ4v) is 4.26. The molecule has 2 aromatic rings. The summed E-state index contributed by atoms with van der Waals surface area (Å²) in [6.45, 7) is 2.95. The van der Waals surface area contributed by atoms with Gasteiger partial charge in [-0.25, -0.2) is 8.42 Å². The molecule has 1 aliphatic heterocycles. The molecular formula is C18H21NO6S. The lowest BCUT2D eigenvalue weighted by molar-refractivity contribution is 0.171. The maximum Gasteiger partial charge on any atom is 0.264 e. The number of rotatable bonds is 6. The number of anilines is 1. The van der Waals surface area contributed by atoms with Crippen LogP contribution in [0, 0.1) is 0 Å². The van der Waals surface area contributed by atoms with E-state index in [0.717, 1.165) is 0 Å². The van der Waals surface area contributed by atoms with E-state index in [2.05, 4.69) is 0 Å². The highest BCUT2D eigenvalue weighted by molar-refractivity contribution is 7.92. The summed E-state index contributed by atoms with van der Waals surface area (Å²) in [5, 5.41) is 0. The van der Waals surface area contributed by atoms with Crippen LogP contribution in [0.15, 0.2) is 41.3 Å². The number of fused-ring (bicyclic) bond motifs is 1. The van der Waals surface area contributed by atoms with Gasteiger partial charge < -0.3 is 18.9 Å². The number of hydrogen-bond acceptors (Lipinski definition) is 6. The smallest absolute Gasteiger partial charge is 0.264 e. The average Bonchev–Trinajstić information content (AvgIpc) is 2.67. The molecule has 0 unspecified atom stereocenters. The molecule has 0 radical (unpaired) electrons. The topological polar surface area (TPSA) is 74.3 Å². The Morgan fingerprint density at radius 1 is 0.962 bits per heavy atom. The van der Waals surface area contributed by atoms with Crippen LogP contribution >= 0.6 is 0 Å². The zero-order valence-electron chi connectivity index (χ0n) is 14.9. The van der Waals surface area contributed by atoms with E-state index in [-0.39, 0.29) is 11.4 Å². The number of nitrogens with zero attached hydrogens (tertiary/aromatic N) is 1. The highest BCUT2D eigenvalue weighted by Gasteiger charge is 2.26. The first kappa shape index (κ1) is 18.2. The zero-order valence-corrected chi connectivity index (χ0v) is 15.7. The van der Waals surface area contributed by atoms with E-state index in [9.17, 15) is 8.42 Å². The third-order valence-corrected chi connectivity index (χ3v) is 5.94. The maximum absolute atomic E-state index is 13.2. The van der Waals surface area contributed by atoms with E-state index in [0.29, 0.717) is 41.9 Å². The van der Waals surface area contributed by atoms with E-state index in [1.165, 1.54) is 30.7 Å². The quantitative estimate of drug-likeness (QED) is 0.768. The van der Waals surface area contributed by atoms with Crippen molar-refractivity contribution in [2.45, 2.75) is 11.8 Å². The normalized spacial score (nSPS) is 13.2. The molecule has 0 fully saturated rings. The summed E-state index contributed by atoms with van der Waals surface area (Å²) in [4.78, 5) is 0.117. The molecule has 26 heavy (non-hydrogen) atoms. The standard InChI is InChI=1S/C18H21NO6S/c1-4-19(13-5-7-16-18(11-13)25-10-9-24-16)26(20,21)14-6-8-15(22-2)17(12-14)23-3/h5-8,11-12H,4,9-10H2,1-3H3. The van der Waals surface area contributed by atoms with E-state index < -0.39 is 10.0 Å². The summed E-state index contributed by atoms with van der Waals surface area (Å²) in [6, 6.07) is 9.62. The maximum atomic E-state index is 13.2. The Balaban J connectivity index is 2.01. The van der Waals surface area contributed by atoms with Gasteiger partial charge in [0.05, 0.1) is 24.8 Å². The summed E-state index contributed by atoms with van der Waals surface area (Å²) in [7, 11) is -0.822. The van der Waals surface area contributed by atoms with Gasteiger partial charge in [0.1, 0.15) is 13.2 Å². The van der Waals surface area contributed by atoms with Gasteiger partial charge in [-0.05, 0) is 31.2 Å². The van der Waals surface area contributed by atoms with E-state index in [1.807, 2.05) is 0 Å². The number of hydrogen-bond donors (Lipinski definition) is 0. The highest BCUT2D eigenvalue weighted by atomic mass is 32.2. The van der Waals surface area contributed by atoms with Gasteiger partial charge in [-0.3, -0.25) is 4.31 Å². The number of ether oxygens (including phenoxy) is 4. The molecule has 0 saturated heterocycles. The van der Waals surface area contributed by atoms with Crippen LogP contribution < -0.4 is 23.3 Å². The SMILES string of the molecule is CCN(c1ccc2c(c1)OCCO2)S(=O)(=O)c1ccc(OC)c(OC)c1. The monoisotopic (exact) mass is 379 g/mol. The second-order valence-electron chi connectivity index (χ2n) is 5.51. The van der Waals surface area contributed by atoms with Gasteiger partial charge in [-0.15, -0.1) is 0 Å². The molecule has 140 valence electrons. The fourth-order valence-electron chi connectivity index (χ4n) is 2.78. The number of sulfonamides is 1. The van der Waals surface area contributed by atoms with Crippen LogP contribution in [-0.4, -0.2) is 42.4 Å². The Morgan fingerprint density at radius 2 is 1.65 bits per heavy atom. The Hall–Kier alpha value is -2.61. The summed E-state index contributed by atoms with van der Waals surface area (Å²) >= 11 is 0. The van der Waals surface area contributed by atoms with Crippen LogP contribution in [0.25, 0.3) is 0 Å². The molecule has 7 nitrogen and oxygen atoms in total. The Bertz CT molecular complexity index is 897. The molecule has 2 aromatic carbocycles. The molecule has 1 aliphatic rings. The van der Waals surface area contributed by atoms with Crippen LogP contribution in [-0.2, 0) is 10.0 Å². The van der Waals surface area contributed by atoms with Crippen molar-refractivity contribution in [3.63, 3.8) is 0 Å². The molecule has 0 aromatic heterocycles. The molecule has 0 saturated carbocycles. The minimum Gasteiger partial charge on any atom is -0.493 e. The van der Waals surface area contributed by atoms with Crippen LogP contribution in [0.2, 0.25) is 0 Å². The van der Waals surface area contributed by atoms with Crippen molar-refractivity contribution in [3.8, 4) is 23.0 Å². The summed E-state index contributed by atoms with van der Waals surface area (Å²) in [6.07, 6.45) is 0. The van der Waals surface area contributed by atoms with Crippen molar-refractivity contribution in [2.75, 3.05) is 38.3 Å². The van der Waals surface area contributed by atoms with Gasteiger partial charge in [0.15, 0.2) is 23.0 Å². The molecule has 0 spiro atoms. The van der Waals surface area contributed by atoms with Crippen molar-refractivity contribution < 1.29 is 27.4 Å². The highest BCUT2D eigenvalue weighted by Crippen LogP contribution is 2.37. The average molecular weight is 379 g/mol. The lowest BCUT2D eigenvalue weighted by atomic mass is 10.2. The molecule has 8 heteroatoms. The van der Waals surface area contributed by atoms with Gasteiger partial charge >= 0.3 is 0 Å². The third kappa shape index (κ3) is 3.24. The van der Waals surface area contributed by atoms with E-state index >= 15 is 0 Å². The summed E-state index contributed by atoms with van der Waals surface area (Å²) < 4.78 is 49.1. The minimum atomic E-state index is -3.79. The summed E-state index contributed by atoms with van der Waals surface area (Å²) in [5.74, 6) is 1.97. The first-order valence-electron chi connectivity index (χ1n) is 8.15. The van der Waals surface area contributed by atoms with E-state index in [4.69, 9.17) is 18.9 Å². The van der Waals surface area contributed by atoms with Crippen molar-refractivity contribution >= 4 is 15.7 Å². The molecule has 0 amide bonds. The van der Waals surface area contributed by atoms with Crippen molar-refractivity contribution in [3.05, 3.63) is 36.4 Å². The van der Waals surface area contributed by atoms with Crippen LogP contribution in [0.4, 0.5) is 5.69 Å². The molecule has 0 bridgehead atoms. The second-order valence-corrected chi connectivity index (χ2v) is 7.38. The third-order valence-electron chi connectivity index (χ3n) is 4.04. The molecule has 3 rings (SSSR count). The van der Waals surface area contributed by atoms with Gasteiger partial charge in [-0.1, -0.05) is 0 Å². The largest absolute Gasteiger partial charge is 0.493 e. The lowest BCUT2D eigenvalue weighted by Crippen LogP contribution is -2.31. The predicted octanol–water partition coefficient (Wildman–Crippen LogP) is 2.69. The molecular weight excluding hydrogens is 358 g/mol. The van der Waals surface area contributed by atoms with E-state index in [1.54, 1.807) is 31.2 Å². The van der Waals surface area contributed by atoms with Gasteiger partial charge in [0.2, 0.25) is 0 Å². The van der Waals surface area contributed by atoms with Gasteiger partial charge in [0, 0.05) is 18.7 Å². The first-order valence-corrected chi connectivity index (χ1v) is 9.59. The van der Waals surface area contributed by atoms with Crippen LogP contribution in [0.5, 0.6) is 23.0 Å². The Morgan fingerprint density at radius 3 is 2.31 bits per heavy atom. The van der Waals surface area contributed by atoms with Crippen LogP contribution in [0.3, 0.4) is 0 Å². The molecule has 0 atom stereocenters. The van der Waals surface area contributed by atoms with Crippen molar-refractivity contribution in [1.29, 1.82) is 0 Å². The Kier molecular flexibility index (Phi) is 5.13. The predicted molar refractivity (Wildman–Crippen MR) is 97.2 cm³/mol. The van der Waals surface area contributed by atoms with Crippen LogP contribution in [0.1, 0.15) is 6.92 Å². The molecule has 1 heterocycles. The van der Waals surface area contributed by atoms with Crippen molar-refractivity contribution in [1.82, 2.24) is 0 Å². The summed E-state index contributed by atoms with van der Waals surface area (Å²) in [5.41, 5.74) is 0.506. The number of benzene rings is 2. The van der Waals surface area contributed by atoms with Crippen molar-refractivity contribution in [2.24, 2.45) is 0 Å².